The lowest BCUT2D eigenvalue weighted by Crippen LogP contribution is -2.34. The van der Waals surface area contributed by atoms with Gasteiger partial charge in [-0.3, -0.25) is 11.3 Å². The van der Waals surface area contributed by atoms with E-state index in [4.69, 9.17) is 5.84 Å². The number of rotatable bonds is 4. The molecule has 0 bridgehead atoms. The Morgan fingerprint density at radius 3 is 2.25 bits per heavy atom. The van der Waals surface area contributed by atoms with Gasteiger partial charge in [0.2, 0.25) is 0 Å². The molecule has 0 amide bonds. The van der Waals surface area contributed by atoms with E-state index in [0.29, 0.717) is 6.04 Å². The fourth-order valence-electron chi connectivity index (χ4n) is 0.754. The highest BCUT2D eigenvalue weighted by molar-refractivity contribution is 4.57. The highest BCUT2D eigenvalue weighted by Crippen LogP contribution is 1.97. The van der Waals surface area contributed by atoms with E-state index in [2.05, 4.69) is 19.3 Å². The predicted octanol–water partition coefficient (Wildman–Crippen LogP) is 1.03. The molecule has 0 radical (unpaired) electrons. The lowest BCUT2D eigenvalue weighted by molar-refractivity contribution is 0.476. The molecule has 0 aromatic rings. The van der Waals surface area contributed by atoms with Gasteiger partial charge in [-0.15, -0.1) is 0 Å². The number of nitrogens with one attached hydrogen (secondary N) is 1. The Morgan fingerprint density at radius 1 is 1.50 bits per heavy atom. The monoisotopic (exact) mass is 116 g/mol. The van der Waals surface area contributed by atoms with Crippen LogP contribution in [-0.4, -0.2) is 6.04 Å². The summed E-state index contributed by atoms with van der Waals surface area (Å²) in [6.07, 6.45) is 3.53. The van der Waals surface area contributed by atoms with Crippen molar-refractivity contribution in [3.63, 3.8) is 0 Å². The van der Waals surface area contributed by atoms with E-state index in [1.165, 1.54) is 12.8 Å². The summed E-state index contributed by atoms with van der Waals surface area (Å²) in [7, 11) is 0. The molecule has 0 saturated carbocycles. The number of hydrogen-bond acceptors (Lipinski definition) is 2. The van der Waals surface area contributed by atoms with Crippen LogP contribution in [0.2, 0.25) is 0 Å². The largest absolute Gasteiger partial charge is 0.271 e. The smallest absolute Gasteiger partial charge is 0.0207 e. The van der Waals surface area contributed by atoms with Crippen molar-refractivity contribution < 1.29 is 0 Å². The predicted molar refractivity (Wildman–Crippen MR) is 36.3 cm³/mol. The van der Waals surface area contributed by atoms with Gasteiger partial charge in [-0.2, -0.15) is 0 Å². The Morgan fingerprint density at radius 2 is 2.12 bits per heavy atom. The minimum atomic E-state index is 0.528. The summed E-state index contributed by atoms with van der Waals surface area (Å²) in [6.45, 7) is 4.31. The minimum Gasteiger partial charge on any atom is -0.271 e. The van der Waals surface area contributed by atoms with Gasteiger partial charge in [0.25, 0.3) is 0 Å². The third-order valence-electron chi connectivity index (χ3n) is 1.37. The molecule has 1 atom stereocenters. The molecule has 0 aliphatic carbocycles. The van der Waals surface area contributed by atoms with Crippen LogP contribution in [0.3, 0.4) is 0 Å². The van der Waals surface area contributed by atoms with Crippen molar-refractivity contribution in [1.82, 2.24) is 5.43 Å². The molecule has 8 heavy (non-hydrogen) atoms. The van der Waals surface area contributed by atoms with Crippen molar-refractivity contribution in [2.45, 2.75) is 39.2 Å². The third-order valence-corrected chi connectivity index (χ3v) is 1.37. The van der Waals surface area contributed by atoms with Gasteiger partial charge in [0, 0.05) is 6.04 Å². The van der Waals surface area contributed by atoms with E-state index in [1.807, 2.05) is 0 Å². The van der Waals surface area contributed by atoms with Gasteiger partial charge in [0.1, 0.15) is 0 Å². The molecule has 0 saturated heterocycles. The van der Waals surface area contributed by atoms with Crippen molar-refractivity contribution in [3.05, 3.63) is 0 Å². The molecule has 0 aromatic carbocycles. The minimum absolute atomic E-state index is 0.528. The third kappa shape index (κ3) is 2.99. The average Bonchev–Trinajstić information content (AvgIpc) is 1.83. The molecule has 0 spiro atoms. The summed E-state index contributed by atoms with van der Waals surface area (Å²) in [4.78, 5) is 0. The molecule has 50 valence electrons. The zero-order chi connectivity index (χ0) is 6.41. The van der Waals surface area contributed by atoms with Gasteiger partial charge in [-0.1, -0.05) is 20.3 Å². The lowest BCUT2D eigenvalue weighted by Gasteiger charge is -2.10. The summed E-state index contributed by atoms with van der Waals surface area (Å²) < 4.78 is 0. The Labute approximate surface area is 51.4 Å². The van der Waals surface area contributed by atoms with E-state index in [0.717, 1.165) is 6.42 Å². The van der Waals surface area contributed by atoms with Gasteiger partial charge >= 0.3 is 0 Å². The summed E-state index contributed by atoms with van der Waals surface area (Å²) in [5.74, 6) is 5.22. The normalized spacial score (nSPS) is 13.9. The summed E-state index contributed by atoms with van der Waals surface area (Å²) in [5.41, 5.74) is 2.75. The molecule has 0 fully saturated rings. The average molecular weight is 116 g/mol. The van der Waals surface area contributed by atoms with Crippen molar-refractivity contribution >= 4 is 0 Å². The molecule has 0 aliphatic rings. The second-order valence-corrected chi connectivity index (χ2v) is 2.06. The van der Waals surface area contributed by atoms with E-state index in [9.17, 15) is 0 Å². The molecule has 0 rings (SSSR count). The Bertz CT molecular complexity index is 41.8. The molecule has 3 N–H and O–H groups in total. The number of nitrogens with two attached hydrogens (primary N) is 1. The van der Waals surface area contributed by atoms with Crippen LogP contribution in [-0.2, 0) is 0 Å². The quantitative estimate of drug-likeness (QED) is 0.425. The Balaban J connectivity index is 3.07. The van der Waals surface area contributed by atoms with Crippen LogP contribution in [0.4, 0.5) is 0 Å². The number of hydrazine groups is 1. The molecular weight excluding hydrogens is 100 g/mol. The molecule has 0 aromatic heterocycles. The summed E-state index contributed by atoms with van der Waals surface area (Å²) in [5, 5.41) is 0. The molecule has 0 heterocycles. The maximum Gasteiger partial charge on any atom is 0.0207 e. The molecule has 0 aliphatic heterocycles. The summed E-state index contributed by atoms with van der Waals surface area (Å²) in [6, 6.07) is 0.528. The van der Waals surface area contributed by atoms with Gasteiger partial charge in [0.05, 0.1) is 0 Å². The van der Waals surface area contributed by atoms with Gasteiger partial charge in [0.15, 0.2) is 0 Å². The van der Waals surface area contributed by atoms with Gasteiger partial charge in [-0.25, -0.2) is 0 Å². The lowest BCUT2D eigenvalue weighted by atomic mass is 10.1. The van der Waals surface area contributed by atoms with E-state index in [1.54, 1.807) is 0 Å². The van der Waals surface area contributed by atoms with Crippen LogP contribution in [0, 0.1) is 0 Å². The Kier molecular flexibility index (Phi) is 5.01. The zero-order valence-corrected chi connectivity index (χ0v) is 5.78. The van der Waals surface area contributed by atoms with Crippen molar-refractivity contribution in [2.24, 2.45) is 5.84 Å². The van der Waals surface area contributed by atoms with Gasteiger partial charge in [-0.05, 0) is 12.8 Å². The van der Waals surface area contributed by atoms with Crippen molar-refractivity contribution in [1.29, 1.82) is 0 Å². The highest BCUT2D eigenvalue weighted by atomic mass is 15.2. The van der Waals surface area contributed by atoms with Crippen LogP contribution in [0.1, 0.15) is 33.1 Å². The fourth-order valence-corrected chi connectivity index (χ4v) is 0.754. The van der Waals surface area contributed by atoms with Crippen LogP contribution in [0.5, 0.6) is 0 Å². The maximum absolute atomic E-state index is 5.22. The first-order chi connectivity index (χ1) is 3.85. The van der Waals surface area contributed by atoms with Gasteiger partial charge < -0.3 is 0 Å². The van der Waals surface area contributed by atoms with Crippen LogP contribution >= 0.6 is 0 Å². The molecule has 0 unspecified atom stereocenters. The summed E-state index contributed by atoms with van der Waals surface area (Å²) >= 11 is 0. The standard InChI is InChI=1S/C6H16N2/c1-3-5-6(4-2)8-7/h6,8H,3-5,7H2,1-2H3/t6-/m1/s1. The van der Waals surface area contributed by atoms with Crippen molar-refractivity contribution in [2.75, 3.05) is 0 Å². The Hall–Kier alpha value is -0.0800. The first-order valence-electron chi connectivity index (χ1n) is 3.31. The number of hydrogen-bond donors (Lipinski definition) is 2. The second kappa shape index (κ2) is 5.06. The fraction of sp³-hybridized carbons (Fsp3) is 1.00. The van der Waals surface area contributed by atoms with E-state index < -0.39 is 0 Å². The van der Waals surface area contributed by atoms with Crippen LogP contribution in [0.25, 0.3) is 0 Å². The molecular formula is C6H16N2. The van der Waals surface area contributed by atoms with Crippen LogP contribution in [0.15, 0.2) is 0 Å². The second-order valence-electron chi connectivity index (χ2n) is 2.06. The van der Waals surface area contributed by atoms with E-state index >= 15 is 0 Å². The first-order valence-corrected chi connectivity index (χ1v) is 3.31. The maximum atomic E-state index is 5.22. The highest BCUT2D eigenvalue weighted by Gasteiger charge is 1.98. The zero-order valence-electron chi connectivity index (χ0n) is 5.78. The van der Waals surface area contributed by atoms with E-state index in [-0.39, 0.29) is 0 Å². The van der Waals surface area contributed by atoms with Crippen molar-refractivity contribution in [3.8, 4) is 0 Å². The molecule has 2 nitrogen and oxygen atoms in total. The molecule has 2 heteroatoms. The first kappa shape index (κ1) is 7.92. The SMILES string of the molecule is CCC[C@@H](CC)NN. The van der Waals surface area contributed by atoms with Crippen LogP contribution < -0.4 is 11.3 Å². The topological polar surface area (TPSA) is 38.0 Å².